The zero-order valence-electron chi connectivity index (χ0n) is 16.1. The van der Waals surface area contributed by atoms with Gasteiger partial charge in [-0.1, -0.05) is 0 Å². The lowest BCUT2D eigenvalue weighted by Crippen LogP contribution is -2.48. The molecule has 0 atom stereocenters. The molecule has 0 saturated carbocycles. The quantitative estimate of drug-likeness (QED) is 0.593. The SMILES string of the molecule is COc1ccc(S(=O)(=O)N2CCN(c3nc(-c4ccc(F)c(F)c4)cs3)CC2)cc1. The summed E-state index contributed by atoms with van der Waals surface area (Å²) in [6.45, 7) is 1.63. The maximum absolute atomic E-state index is 13.5. The van der Waals surface area contributed by atoms with Crippen LogP contribution in [-0.2, 0) is 10.0 Å². The fraction of sp³-hybridized carbons (Fsp3) is 0.250. The predicted molar refractivity (Wildman–Crippen MR) is 111 cm³/mol. The van der Waals surface area contributed by atoms with Crippen molar-refractivity contribution in [2.45, 2.75) is 4.90 Å². The Labute approximate surface area is 177 Å². The number of halogens is 2. The molecule has 0 aliphatic carbocycles. The number of ether oxygens (including phenoxy) is 1. The summed E-state index contributed by atoms with van der Waals surface area (Å²) < 4.78 is 58.9. The van der Waals surface area contributed by atoms with Gasteiger partial charge in [-0.2, -0.15) is 4.31 Å². The Bertz CT molecular complexity index is 1140. The molecular formula is C20H19F2N3O3S2. The molecule has 30 heavy (non-hydrogen) atoms. The molecule has 10 heteroatoms. The molecule has 0 bridgehead atoms. The minimum atomic E-state index is -3.58. The van der Waals surface area contributed by atoms with Crippen LogP contribution in [0.2, 0.25) is 0 Å². The van der Waals surface area contributed by atoms with Crippen molar-refractivity contribution in [3.63, 3.8) is 0 Å². The Morgan fingerprint density at radius 2 is 1.70 bits per heavy atom. The second-order valence-electron chi connectivity index (χ2n) is 6.71. The van der Waals surface area contributed by atoms with Crippen LogP contribution in [0.3, 0.4) is 0 Å². The number of sulfonamides is 1. The van der Waals surface area contributed by atoms with Crippen LogP contribution in [0.1, 0.15) is 0 Å². The molecule has 1 aliphatic heterocycles. The molecule has 4 rings (SSSR count). The van der Waals surface area contributed by atoms with E-state index in [4.69, 9.17) is 4.74 Å². The van der Waals surface area contributed by atoms with Gasteiger partial charge in [0.25, 0.3) is 0 Å². The fourth-order valence-electron chi connectivity index (χ4n) is 3.21. The van der Waals surface area contributed by atoms with Crippen LogP contribution < -0.4 is 9.64 Å². The second-order valence-corrected chi connectivity index (χ2v) is 9.49. The van der Waals surface area contributed by atoms with Crippen LogP contribution in [0.15, 0.2) is 52.7 Å². The number of piperazine rings is 1. The molecule has 0 spiro atoms. The number of rotatable bonds is 5. The molecule has 3 aromatic rings. The highest BCUT2D eigenvalue weighted by Gasteiger charge is 2.29. The van der Waals surface area contributed by atoms with Gasteiger partial charge in [-0.15, -0.1) is 11.3 Å². The van der Waals surface area contributed by atoms with Crippen LogP contribution in [0.5, 0.6) is 5.75 Å². The predicted octanol–water partition coefficient (Wildman–Crippen LogP) is 3.61. The van der Waals surface area contributed by atoms with Crippen LogP contribution in [-0.4, -0.2) is 51.0 Å². The largest absolute Gasteiger partial charge is 0.497 e. The van der Waals surface area contributed by atoms with E-state index in [2.05, 4.69) is 4.98 Å². The monoisotopic (exact) mass is 451 g/mol. The minimum Gasteiger partial charge on any atom is -0.497 e. The summed E-state index contributed by atoms with van der Waals surface area (Å²) in [4.78, 5) is 6.74. The molecule has 0 radical (unpaired) electrons. The highest BCUT2D eigenvalue weighted by atomic mass is 32.2. The summed E-state index contributed by atoms with van der Waals surface area (Å²) in [6, 6.07) is 10.00. The Morgan fingerprint density at radius 3 is 2.33 bits per heavy atom. The van der Waals surface area contributed by atoms with Crippen LogP contribution >= 0.6 is 11.3 Å². The van der Waals surface area contributed by atoms with E-state index in [0.29, 0.717) is 43.2 Å². The van der Waals surface area contributed by atoms with Crippen molar-refractivity contribution in [2.75, 3.05) is 38.2 Å². The standard InChI is InChI=1S/C20H19F2N3O3S2/c1-28-15-3-5-16(6-4-15)30(26,27)25-10-8-24(9-11-25)20-23-19(13-29-20)14-2-7-17(21)18(22)12-14/h2-7,12-13H,8-11H2,1H3. The van der Waals surface area contributed by atoms with E-state index in [1.165, 1.54) is 41.0 Å². The number of nitrogens with zero attached hydrogens (tertiary/aromatic N) is 3. The lowest BCUT2D eigenvalue weighted by atomic mass is 10.2. The molecule has 0 unspecified atom stereocenters. The maximum Gasteiger partial charge on any atom is 0.243 e. The molecule has 0 N–H and O–H groups in total. The summed E-state index contributed by atoms with van der Waals surface area (Å²) >= 11 is 1.39. The topological polar surface area (TPSA) is 62.7 Å². The number of thiazole rings is 1. The number of anilines is 1. The van der Waals surface area contributed by atoms with Crippen molar-refractivity contribution in [1.29, 1.82) is 0 Å². The van der Waals surface area contributed by atoms with E-state index < -0.39 is 21.7 Å². The highest BCUT2D eigenvalue weighted by Crippen LogP contribution is 2.29. The third-order valence-corrected chi connectivity index (χ3v) is 7.73. The van der Waals surface area contributed by atoms with E-state index in [-0.39, 0.29) is 4.90 Å². The minimum absolute atomic E-state index is 0.228. The lowest BCUT2D eigenvalue weighted by Gasteiger charge is -2.33. The molecule has 0 amide bonds. The first-order valence-electron chi connectivity index (χ1n) is 9.18. The van der Waals surface area contributed by atoms with E-state index in [1.807, 2.05) is 4.90 Å². The van der Waals surface area contributed by atoms with E-state index in [9.17, 15) is 17.2 Å². The van der Waals surface area contributed by atoms with E-state index in [1.54, 1.807) is 17.5 Å². The van der Waals surface area contributed by atoms with Crippen LogP contribution in [0, 0.1) is 11.6 Å². The second kappa shape index (κ2) is 8.29. The van der Waals surface area contributed by atoms with Gasteiger partial charge in [0.15, 0.2) is 16.8 Å². The maximum atomic E-state index is 13.5. The number of hydrogen-bond donors (Lipinski definition) is 0. The summed E-state index contributed by atoms with van der Waals surface area (Å²) in [7, 11) is -2.06. The average molecular weight is 452 g/mol. The first kappa shape index (κ1) is 20.7. The van der Waals surface area contributed by atoms with E-state index >= 15 is 0 Å². The van der Waals surface area contributed by atoms with Crippen molar-refractivity contribution in [3.8, 4) is 17.0 Å². The Kier molecular flexibility index (Phi) is 5.72. The summed E-state index contributed by atoms with van der Waals surface area (Å²) in [5, 5.41) is 2.50. The van der Waals surface area contributed by atoms with Crippen molar-refractivity contribution in [1.82, 2.24) is 9.29 Å². The average Bonchev–Trinajstić information content (AvgIpc) is 3.26. The zero-order chi connectivity index (χ0) is 21.3. The zero-order valence-corrected chi connectivity index (χ0v) is 17.7. The van der Waals surface area contributed by atoms with Gasteiger partial charge in [-0.05, 0) is 42.5 Å². The van der Waals surface area contributed by atoms with Gasteiger partial charge in [-0.25, -0.2) is 22.2 Å². The number of aromatic nitrogens is 1. The number of methoxy groups -OCH3 is 1. The first-order chi connectivity index (χ1) is 14.4. The molecule has 1 saturated heterocycles. The third-order valence-electron chi connectivity index (χ3n) is 4.91. The van der Waals surface area contributed by atoms with E-state index in [0.717, 1.165) is 17.3 Å². The van der Waals surface area contributed by atoms with Gasteiger partial charge in [0.2, 0.25) is 10.0 Å². The molecule has 2 aromatic carbocycles. The van der Waals surface area contributed by atoms with Crippen molar-refractivity contribution < 1.29 is 21.9 Å². The highest BCUT2D eigenvalue weighted by molar-refractivity contribution is 7.89. The normalized spacial score (nSPS) is 15.4. The fourth-order valence-corrected chi connectivity index (χ4v) is 5.52. The molecule has 1 aromatic heterocycles. The third kappa shape index (κ3) is 4.03. The summed E-state index contributed by atoms with van der Waals surface area (Å²) in [5.74, 6) is -1.22. The van der Waals surface area contributed by atoms with Gasteiger partial charge >= 0.3 is 0 Å². The first-order valence-corrected chi connectivity index (χ1v) is 11.5. The lowest BCUT2D eigenvalue weighted by molar-refractivity contribution is 0.384. The van der Waals surface area contributed by atoms with Crippen molar-refractivity contribution in [2.24, 2.45) is 0 Å². The molecule has 6 nitrogen and oxygen atoms in total. The molecular weight excluding hydrogens is 432 g/mol. The summed E-state index contributed by atoms with van der Waals surface area (Å²) in [5.41, 5.74) is 1.05. The Morgan fingerprint density at radius 1 is 1.00 bits per heavy atom. The summed E-state index contributed by atoms with van der Waals surface area (Å²) in [6.07, 6.45) is 0. The molecule has 1 fully saturated rings. The molecule has 158 valence electrons. The van der Waals surface area contributed by atoms with Gasteiger partial charge < -0.3 is 9.64 Å². The van der Waals surface area contributed by atoms with Gasteiger partial charge in [0, 0.05) is 37.1 Å². The smallest absolute Gasteiger partial charge is 0.243 e. The molecule has 1 aliphatic rings. The van der Waals surface area contributed by atoms with Gasteiger partial charge in [0.1, 0.15) is 5.75 Å². The van der Waals surface area contributed by atoms with Crippen molar-refractivity contribution >= 4 is 26.5 Å². The Hall–Kier alpha value is -2.56. The van der Waals surface area contributed by atoms with Crippen molar-refractivity contribution in [3.05, 3.63) is 59.5 Å². The van der Waals surface area contributed by atoms with Gasteiger partial charge in [-0.3, -0.25) is 0 Å². The molecule has 2 heterocycles. The number of benzene rings is 2. The van der Waals surface area contributed by atoms with Crippen LogP contribution in [0.4, 0.5) is 13.9 Å². The number of hydrogen-bond acceptors (Lipinski definition) is 6. The van der Waals surface area contributed by atoms with Crippen LogP contribution in [0.25, 0.3) is 11.3 Å². The Balaban J connectivity index is 1.44. The van der Waals surface area contributed by atoms with Gasteiger partial charge in [0.05, 0.1) is 17.7 Å².